The summed E-state index contributed by atoms with van der Waals surface area (Å²) in [6.45, 7) is 2.70. The summed E-state index contributed by atoms with van der Waals surface area (Å²) in [6, 6.07) is 17.3. The maximum atomic E-state index is 13.3. The van der Waals surface area contributed by atoms with E-state index >= 15 is 0 Å². The Morgan fingerprint density at radius 2 is 1.90 bits per heavy atom. The molecular weight excluding hydrogens is 369 g/mol. The molecule has 1 heterocycles. The van der Waals surface area contributed by atoms with E-state index in [1.54, 1.807) is 31.6 Å². The summed E-state index contributed by atoms with van der Waals surface area (Å²) in [7, 11) is 1.68. The highest BCUT2D eigenvalue weighted by Crippen LogP contribution is 2.19. The topological polar surface area (TPSA) is 54.5 Å². The number of halogens is 1. The first-order valence-electron chi connectivity index (χ1n) is 9.39. The maximum absolute atomic E-state index is 13.3. The van der Waals surface area contributed by atoms with Gasteiger partial charge in [-0.05, 0) is 48.4 Å². The third kappa shape index (κ3) is 6.04. The molecule has 1 aromatic heterocycles. The number of amides is 2. The van der Waals surface area contributed by atoms with Crippen molar-refractivity contribution in [2.45, 2.75) is 26.1 Å². The lowest BCUT2D eigenvalue weighted by Gasteiger charge is -2.22. The zero-order valence-corrected chi connectivity index (χ0v) is 16.5. The zero-order chi connectivity index (χ0) is 20.6. The van der Waals surface area contributed by atoms with Crippen LogP contribution >= 0.6 is 0 Å². The standard InChI is InChI=1S/C23H24FN3O2/c1-17(26-23(28)27(2)15-18-5-3-7-21(24)13-18)20-8-10-22(11-9-20)29-16-19-6-4-12-25-14-19/h3-14,17H,15-16H2,1-2H3,(H,26,28). The smallest absolute Gasteiger partial charge is 0.317 e. The number of urea groups is 1. The Morgan fingerprint density at radius 3 is 2.59 bits per heavy atom. The first-order chi connectivity index (χ1) is 14.0. The van der Waals surface area contributed by atoms with Crippen molar-refractivity contribution in [3.05, 3.63) is 95.6 Å². The number of nitrogens with zero attached hydrogens (tertiary/aromatic N) is 2. The molecule has 29 heavy (non-hydrogen) atoms. The van der Waals surface area contributed by atoms with Crippen molar-refractivity contribution in [3.8, 4) is 5.75 Å². The van der Waals surface area contributed by atoms with E-state index in [0.717, 1.165) is 22.4 Å². The number of ether oxygens (including phenoxy) is 1. The van der Waals surface area contributed by atoms with Gasteiger partial charge in [-0.1, -0.05) is 30.3 Å². The quantitative estimate of drug-likeness (QED) is 0.633. The fourth-order valence-electron chi connectivity index (χ4n) is 2.86. The highest BCUT2D eigenvalue weighted by Gasteiger charge is 2.14. The monoisotopic (exact) mass is 393 g/mol. The van der Waals surface area contributed by atoms with Crippen LogP contribution in [0.4, 0.5) is 9.18 Å². The summed E-state index contributed by atoms with van der Waals surface area (Å²) < 4.78 is 19.1. The van der Waals surface area contributed by atoms with Crippen LogP contribution in [-0.4, -0.2) is 23.0 Å². The number of rotatable bonds is 7. The molecule has 6 heteroatoms. The molecule has 0 saturated carbocycles. The summed E-state index contributed by atoms with van der Waals surface area (Å²) in [5.41, 5.74) is 2.70. The molecule has 3 rings (SSSR count). The Balaban J connectivity index is 1.51. The Morgan fingerprint density at radius 1 is 1.14 bits per heavy atom. The van der Waals surface area contributed by atoms with Crippen molar-refractivity contribution in [3.63, 3.8) is 0 Å². The van der Waals surface area contributed by atoms with Gasteiger partial charge in [-0.2, -0.15) is 0 Å². The Kier molecular flexibility index (Phi) is 6.79. The van der Waals surface area contributed by atoms with E-state index < -0.39 is 0 Å². The summed E-state index contributed by atoms with van der Waals surface area (Å²) in [5, 5.41) is 2.95. The van der Waals surface area contributed by atoms with E-state index in [9.17, 15) is 9.18 Å². The van der Waals surface area contributed by atoms with Crippen molar-refractivity contribution >= 4 is 6.03 Å². The van der Waals surface area contributed by atoms with E-state index in [1.807, 2.05) is 43.3 Å². The Labute approximate surface area is 170 Å². The molecule has 5 nitrogen and oxygen atoms in total. The van der Waals surface area contributed by atoms with Crippen LogP contribution < -0.4 is 10.1 Å². The molecule has 3 aromatic rings. The van der Waals surface area contributed by atoms with E-state index in [0.29, 0.717) is 13.2 Å². The number of nitrogens with one attached hydrogen (secondary N) is 1. The van der Waals surface area contributed by atoms with Crippen molar-refractivity contribution < 1.29 is 13.9 Å². The molecule has 0 aliphatic carbocycles. The largest absolute Gasteiger partial charge is 0.489 e. The minimum absolute atomic E-state index is 0.176. The molecule has 0 fully saturated rings. The number of carbonyl (C=O) groups excluding carboxylic acids is 1. The van der Waals surface area contributed by atoms with Crippen LogP contribution in [0.5, 0.6) is 5.75 Å². The molecule has 1 unspecified atom stereocenters. The first kappa shape index (κ1) is 20.3. The highest BCUT2D eigenvalue weighted by atomic mass is 19.1. The first-order valence-corrected chi connectivity index (χ1v) is 9.39. The molecule has 0 radical (unpaired) electrons. The Hall–Kier alpha value is -3.41. The second-order valence-electron chi connectivity index (χ2n) is 6.88. The second-order valence-corrected chi connectivity index (χ2v) is 6.88. The van der Waals surface area contributed by atoms with Gasteiger partial charge in [0, 0.05) is 31.5 Å². The summed E-state index contributed by atoms with van der Waals surface area (Å²) in [4.78, 5) is 18.0. The van der Waals surface area contributed by atoms with Crippen LogP contribution in [-0.2, 0) is 13.2 Å². The van der Waals surface area contributed by atoms with E-state index in [1.165, 1.54) is 17.0 Å². The minimum atomic E-state index is -0.310. The summed E-state index contributed by atoms with van der Waals surface area (Å²) in [6.07, 6.45) is 3.50. The van der Waals surface area contributed by atoms with Gasteiger partial charge in [-0.3, -0.25) is 4.98 Å². The van der Waals surface area contributed by atoms with Crippen LogP contribution in [0.15, 0.2) is 73.1 Å². The number of carbonyl (C=O) groups is 1. The molecule has 0 aliphatic heterocycles. The summed E-state index contributed by atoms with van der Waals surface area (Å²) in [5.74, 6) is 0.440. The lowest BCUT2D eigenvalue weighted by atomic mass is 10.1. The van der Waals surface area contributed by atoms with Crippen molar-refractivity contribution in [1.29, 1.82) is 0 Å². The molecule has 0 spiro atoms. The van der Waals surface area contributed by atoms with Gasteiger partial charge in [-0.15, -0.1) is 0 Å². The van der Waals surface area contributed by atoms with Gasteiger partial charge < -0.3 is 15.0 Å². The van der Waals surface area contributed by atoms with E-state index in [4.69, 9.17) is 4.74 Å². The number of benzene rings is 2. The van der Waals surface area contributed by atoms with Crippen LogP contribution in [0.25, 0.3) is 0 Å². The van der Waals surface area contributed by atoms with E-state index in [2.05, 4.69) is 10.3 Å². The van der Waals surface area contributed by atoms with Crippen LogP contribution in [0.2, 0.25) is 0 Å². The van der Waals surface area contributed by atoms with Crippen molar-refractivity contribution in [2.24, 2.45) is 0 Å². The number of hydrogen-bond acceptors (Lipinski definition) is 3. The van der Waals surface area contributed by atoms with Crippen LogP contribution in [0.3, 0.4) is 0 Å². The third-order valence-electron chi connectivity index (χ3n) is 4.50. The van der Waals surface area contributed by atoms with Gasteiger partial charge in [0.2, 0.25) is 0 Å². The maximum Gasteiger partial charge on any atom is 0.317 e. The average Bonchev–Trinajstić information content (AvgIpc) is 2.73. The predicted molar refractivity (Wildman–Crippen MR) is 110 cm³/mol. The SMILES string of the molecule is CC(NC(=O)N(C)Cc1cccc(F)c1)c1ccc(OCc2cccnc2)cc1. The molecular formula is C23H24FN3O2. The van der Waals surface area contributed by atoms with Gasteiger partial charge in [-0.25, -0.2) is 9.18 Å². The van der Waals surface area contributed by atoms with Crippen molar-refractivity contribution in [1.82, 2.24) is 15.2 Å². The highest BCUT2D eigenvalue weighted by molar-refractivity contribution is 5.74. The number of hydrogen-bond donors (Lipinski definition) is 1. The molecule has 0 aliphatic rings. The Bertz CT molecular complexity index is 932. The molecule has 2 aromatic carbocycles. The van der Waals surface area contributed by atoms with Crippen molar-refractivity contribution in [2.75, 3.05) is 7.05 Å². The molecule has 1 atom stereocenters. The fourth-order valence-corrected chi connectivity index (χ4v) is 2.86. The minimum Gasteiger partial charge on any atom is -0.489 e. The number of pyridine rings is 1. The van der Waals surface area contributed by atoms with Gasteiger partial charge >= 0.3 is 6.03 Å². The average molecular weight is 393 g/mol. The molecule has 0 bridgehead atoms. The van der Waals surface area contributed by atoms with Gasteiger partial charge in [0.1, 0.15) is 18.2 Å². The third-order valence-corrected chi connectivity index (χ3v) is 4.50. The van der Waals surface area contributed by atoms with Gasteiger partial charge in [0.25, 0.3) is 0 Å². The zero-order valence-electron chi connectivity index (χ0n) is 16.5. The lowest BCUT2D eigenvalue weighted by molar-refractivity contribution is 0.203. The van der Waals surface area contributed by atoms with Crippen LogP contribution in [0.1, 0.15) is 29.7 Å². The summed E-state index contributed by atoms with van der Waals surface area (Å²) >= 11 is 0. The predicted octanol–water partition coefficient (Wildman–Crippen LogP) is 4.70. The molecule has 1 N–H and O–H groups in total. The second kappa shape index (κ2) is 9.68. The lowest BCUT2D eigenvalue weighted by Crippen LogP contribution is -2.38. The fraction of sp³-hybridized carbons (Fsp3) is 0.217. The van der Waals surface area contributed by atoms with Gasteiger partial charge in [0.05, 0.1) is 6.04 Å². The normalized spacial score (nSPS) is 11.6. The van der Waals surface area contributed by atoms with Gasteiger partial charge in [0.15, 0.2) is 0 Å². The van der Waals surface area contributed by atoms with Crippen LogP contribution in [0, 0.1) is 5.82 Å². The molecule has 150 valence electrons. The molecule has 0 saturated heterocycles. The number of aromatic nitrogens is 1. The van der Waals surface area contributed by atoms with E-state index in [-0.39, 0.29) is 17.9 Å². The molecule has 2 amide bonds.